The largest absolute Gasteiger partial charge is 0.508 e. The van der Waals surface area contributed by atoms with Crippen LogP contribution < -0.4 is 5.32 Å². The molecule has 1 saturated heterocycles. The van der Waals surface area contributed by atoms with Crippen molar-refractivity contribution in [2.24, 2.45) is 5.92 Å². The number of hydrogen-bond acceptors (Lipinski definition) is 6. The number of carbonyl (C=O) groups is 3. The molecule has 4 aromatic carbocycles. The molecule has 7 nitrogen and oxygen atoms in total. The summed E-state index contributed by atoms with van der Waals surface area (Å²) < 4.78 is 32.5. The van der Waals surface area contributed by atoms with E-state index >= 15 is 0 Å². The van der Waals surface area contributed by atoms with Crippen molar-refractivity contribution in [3.05, 3.63) is 131 Å². The van der Waals surface area contributed by atoms with E-state index in [4.69, 9.17) is 4.74 Å². The van der Waals surface area contributed by atoms with Crippen molar-refractivity contribution < 1.29 is 33.0 Å². The number of ketones is 1. The molecule has 1 fully saturated rings. The number of nitrogens with one attached hydrogen (secondary N) is 1. The van der Waals surface area contributed by atoms with Crippen LogP contribution in [0.25, 0.3) is 0 Å². The lowest BCUT2D eigenvalue weighted by Gasteiger charge is -2.32. The van der Waals surface area contributed by atoms with Crippen molar-refractivity contribution in [1.29, 1.82) is 0 Å². The first-order chi connectivity index (χ1) is 20.3. The molecule has 0 aliphatic carbocycles. The van der Waals surface area contributed by atoms with E-state index in [0.29, 0.717) is 16.8 Å². The van der Waals surface area contributed by atoms with Crippen LogP contribution in [0.4, 0.5) is 19.3 Å². The molecular weight excluding hydrogens is 542 g/mol. The molecule has 3 atom stereocenters. The number of hydrogen-bond donors (Lipinski definition) is 2. The van der Waals surface area contributed by atoms with Crippen LogP contribution in [0.2, 0.25) is 0 Å². The Kier molecular flexibility index (Phi) is 8.57. The summed E-state index contributed by atoms with van der Waals surface area (Å²) in [5, 5.41) is 13.2. The zero-order valence-corrected chi connectivity index (χ0v) is 22.5. The molecule has 9 heteroatoms. The first kappa shape index (κ1) is 28.5. The first-order valence-electron chi connectivity index (χ1n) is 13.4. The maximum absolute atomic E-state index is 14.4. The standard InChI is InChI=1S/C33H28F2N2O5/c34-24-10-6-22(7-11-24)30(39)19-18-28(32(40)37-29(20-42-33(37)41)21-4-2-1-3-5-21)31(23-8-16-27(38)17-9-23)36-26-14-12-25(35)13-15-26/h1-17,28-29,31,36,38H,18-20H2/t28-,29-,31?/m1/s1. The van der Waals surface area contributed by atoms with Gasteiger partial charge in [0.25, 0.3) is 0 Å². The molecule has 4 aromatic rings. The minimum Gasteiger partial charge on any atom is -0.508 e. The van der Waals surface area contributed by atoms with Crippen LogP contribution in [-0.2, 0) is 9.53 Å². The average Bonchev–Trinajstić information content (AvgIpc) is 3.40. The Hall–Kier alpha value is -5.05. The normalized spacial score (nSPS) is 16.0. The zero-order chi connectivity index (χ0) is 29.6. The molecule has 5 rings (SSSR count). The number of Topliss-reactive ketones (excluding diaryl/α,β-unsaturated/α-hetero) is 1. The number of nitrogens with zero attached hydrogens (tertiary/aromatic N) is 1. The summed E-state index contributed by atoms with van der Waals surface area (Å²) in [6.07, 6.45) is -0.865. The highest BCUT2D eigenvalue weighted by molar-refractivity contribution is 5.98. The highest BCUT2D eigenvalue weighted by Crippen LogP contribution is 2.37. The van der Waals surface area contributed by atoms with Gasteiger partial charge in [0.15, 0.2) is 5.78 Å². The Morgan fingerprint density at radius 2 is 1.50 bits per heavy atom. The molecule has 0 radical (unpaired) electrons. The fraction of sp³-hybridized carbons (Fsp3) is 0.182. The van der Waals surface area contributed by atoms with Crippen molar-refractivity contribution in [2.75, 3.05) is 11.9 Å². The van der Waals surface area contributed by atoms with Gasteiger partial charge in [-0.3, -0.25) is 9.59 Å². The first-order valence-corrected chi connectivity index (χ1v) is 13.4. The lowest BCUT2D eigenvalue weighted by Crippen LogP contribution is -2.42. The fourth-order valence-electron chi connectivity index (χ4n) is 5.09. The van der Waals surface area contributed by atoms with Gasteiger partial charge in [-0.1, -0.05) is 42.5 Å². The van der Waals surface area contributed by atoms with E-state index in [9.17, 15) is 28.3 Å². The van der Waals surface area contributed by atoms with Gasteiger partial charge in [0.05, 0.1) is 12.0 Å². The van der Waals surface area contributed by atoms with Gasteiger partial charge in [0.2, 0.25) is 5.91 Å². The second-order valence-electron chi connectivity index (χ2n) is 10.0. The molecule has 1 heterocycles. The summed E-state index contributed by atoms with van der Waals surface area (Å²) >= 11 is 0. The van der Waals surface area contributed by atoms with E-state index in [1.165, 1.54) is 60.7 Å². The molecule has 1 aliphatic heterocycles. The van der Waals surface area contributed by atoms with Crippen LogP contribution in [0.15, 0.2) is 103 Å². The van der Waals surface area contributed by atoms with E-state index < -0.39 is 41.6 Å². The third-order valence-corrected chi connectivity index (χ3v) is 7.28. The van der Waals surface area contributed by atoms with Gasteiger partial charge in [0.1, 0.15) is 30.0 Å². The predicted molar refractivity (Wildman–Crippen MR) is 152 cm³/mol. The van der Waals surface area contributed by atoms with Crippen LogP contribution >= 0.6 is 0 Å². The number of halogens is 2. The maximum Gasteiger partial charge on any atom is 0.417 e. The number of rotatable bonds is 10. The highest BCUT2D eigenvalue weighted by Gasteiger charge is 2.44. The van der Waals surface area contributed by atoms with Gasteiger partial charge < -0.3 is 15.2 Å². The van der Waals surface area contributed by atoms with Crippen LogP contribution in [0.1, 0.15) is 46.4 Å². The Morgan fingerprint density at radius 3 is 2.14 bits per heavy atom. The minimum absolute atomic E-state index is 0.0140. The number of benzene rings is 4. The minimum atomic E-state index is -0.985. The smallest absolute Gasteiger partial charge is 0.417 e. The van der Waals surface area contributed by atoms with Crippen molar-refractivity contribution in [1.82, 2.24) is 4.90 Å². The molecular formula is C33H28F2N2O5. The number of phenolic OH excluding ortho intramolecular Hbond substituents is 1. The number of carbonyl (C=O) groups excluding carboxylic acids is 3. The Morgan fingerprint density at radius 1 is 0.881 bits per heavy atom. The van der Waals surface area contributed by atoms with E-state index in [0.717, 1.165) is 4.90 Å². The third kappa shape index (κ3) is 6.46. The number of phenols is 1. The van der Waals surface area contributed by atoms with E-state index in [2.05, 4.69) is 5.32 Å². The van der Waals surface area contributed by atoms with Crippen molar-refractivity contribution in [3.8, 4) is 5.75 Å². The van der Waals surface area contributed by atoms with Crippen LogP contribution in [0.5, 0.6) is 5.75 Å². The second-order valence-corrected chi connectivity index (χ2v) is 10.0. The van der Waals surface area contributed by atoms with E-state index in [-0.39, 0.29) is 36.5 Å². The average molecular weight is 571 g/mol. The number of anilines is 1. The lowest BCUT2D eigenvalue weighted by molar-refractivity contribution is -0.134. The number of ether oxygens (including phenoxy) is 1. The molecule has 2 N–H and O–H groups in total. The summed E-state index contributed by atoms with van der Waals surface area (Å²) in [5.74, 6) is -2.75. The SMILES string of the molecule is O=C(CC[C@@H](C(=O)N1C(=O)OC[C@@H]1c1ccccc1)C(Nc1ccc(F)cc1)c1ccc(O)cc1)c1ccc(F)cc1. The van der Waals surface area contributed by atoms with Crippen LogP contribution in [0, 0.1) is 17.6 Å². The molecule has 1 aliphatic rings. The van der Waals surface area contributed by atoms with Crippen molar-refractivity contribution in [3.63, 3.8) is 0 Å². The number of cyclic esters (lactones) is 1. The van der Waals surface area contributed by atoms with E-state index in [1.807, 2.05) is 6.07 Å². The predicted octanol–water partition coefficient (Wildman–Crippen LogP) is 6.82. The van der Waals surface area contributed by atoms with Gasteiger partial charge in [0, 0.05) is 17.7 Å². The van der Waals surface area contributed by atoms with Gasteiger partial charge in [-0.2, -0.15) is 0 Å². The Bertz CT molecular complexity index is 1540. The van der Waals surface area contributed by atoms with Crippen LogP contribution in [-0.4, -0.2) is 34.4 Å². The van der Waals surface area contributed by atoms with Gasteiger partial charge in [-0.15, -0.1) is 0 Å². The fourth-order valence-corrected chi connectivity index (χ4v) is 5.09. The van der Waals surface area contributed by atoms with Gasteiger partial charge in [-0.05, 0) is 78.2 Å². The monoisotopic (exact) mass is 570 g/mol. The van der Waals surface area contributed by atoms with Gasteiger partial charge in [-0.25, -0.2) is 18.5 Å². The Balaban J connectivity index is 1.53. The van der Waals surface area contributed by atoms with Crippen molar-refractivity contribution in [2.45, 2.75) is 24.9 Å². The molecule has 1 unspecified atom stereocenters. The summed E-state index contributed by atoms with van der Waals surface area (Å²) in [4.78, 5) is 41.6. The molecule has 42 heavy (non-hydrogen) atoms. The molecule has 214 valence electrons. The Labute approximate surface area is 241 Å². The maximum atomic E-state index is 14.4. The number of aromatic hydroxyl groups is 1. The molecule has 0 saturated carbocycles. The van der Waals surface area contributed by atoms with E-state index in [1.54, 1.807) is 36.4 Å². The summed E-state index contributed by atoms with van der Waals surface area (Å²) in [5.41, 5.74) is 2.10. The highest BCUT2D eigenvalue weighted by atomic mass is 19.1. The van der Waals surface area contributed by atoms with Crippen LogP contribution in [0.3, 0.4) is 0 Å². The molecule has 0 aromatic heterocycles. The van der Waals surface area contributed by atoms with Crippen molar-refractivity contribution >= 4 is 23.5 Å². The van der Waals surface area contributed by atoms with Gasteiger partial charge >= 0.3 is 6.09 Å². The third-order valence-electron chi connectivity index (χ3n) is 7.28. The number of amides is 2. The molecule has 2 amide bonds. The second kappa shape index (κ2) is 12.6. The lowest BCUT2D eigenvalue weighted by atomic mass is 9.86. The molecule has 0 bridgehead atoms. The number of imide groups is 1. The quantitative estimate of drug-likeness (QED) is 0.203. The summed E-state index contributed by atoms with van der Waals surface area (Å²) in [6.45, 7) is -0.0227. The zero-order valence-electron chi connectivity index (χ0n) is 22.5. The summed E-state index contributed by atoms with van der Waals surface area (Å²) in [6, 6.07) is 24.5. The molecule has 0 spiro atoms. The topological polar surface area (TPSA) is 95.9 Å². The summed E-state index contributed by atoms with van der Waals surface area (Å²) in [7, 11) is 0.